The van der Waals surface area contributed by atoms with Crippen LogP contribution in [0.15, 0.2) is 9.98 Å². The second-order valence-corrected chi connectivity index (χ2v) is 4.34. The van der Waals surface area contributed by atoms with E-state index < -0.39 is 0 Å². The van der Waals surface area contributed by atoms with Crippen molar-refractivity contribution in [1.29, 1.82) is 0 Å². The molecule has 1 heterocycles. The number of hydrogen-bond acceptors (Lipinski definition) is 5. The number of halogens is 1. The Labute approximate surface area is 95.8 Å². The quantitative estimate of drug-likeness (QED) is 0.866. The van der Waals surface area contributed by atoms with Gasteiger partial charge in [-0.15, -0.1) is 11.3 Å². The zero-order valence-corrected chi connectivity index (χ0v) is 10.5. The lowest BCUT2D eigenvalue weighted by molar-refractivity contribution is 0.0365. The smallest absolute Gasteiger partial charge is 0.183 e. The number of aromatic nitrogens is 1. The van der Waals surface area contributed by atoms with Gasteiger partial charge in [-0.05, 0) is 15.9 Å². The molecule has 0 saturated heterocycles. The van der Waals surface area contributed by atoms with E-state index in [2.05, 4.69) is 26.2 Å². The number of thiazole rings is 1. The van der Waals surface area contributed by atoms with Crippen LogP contribution >= 0.6 is 27.3 Å². The molecule has 1 aromatic rings. The maximum Gasteiger partial charge on any atom is 0.183 e. The Hall–Kier alpha value is -0.170. The minimum atomic E-state index is 0.0580. The highest BCUT2D eigenvalue weighted by molar-refractivity contribution is 9.10. The molecule has 0 aliphatic heterocycles. The van der Waals surface area contributed by atoms with Crippen LogP contribution in [0.5, 0.6) is 0 Å². The van der Waals surface area contributed by atoms with Crippen LogP contribution in [-0.4, -0.2) is 38.5 Å². The maximum absolute atomic E-state index is 5.20. The molecule has 0 aromatic carbocycles. The molecule has 14 heavy (non-hydrogen) atoms. The highest BCUT2D eigenvalue weighted by Crippen LogP contribution is 2.19. The van der Waals surface area contributed by atoms with E-state index in [9.17, 15) is 0 Å². The summed E-state index contributed by atoms with van der Waals surface area (Å²) in [6.45, 7) is 1.28. The van der Waals surface area contributed by atoms with Crippen molar-refractivity contribution in [3.05, 3.63) is 9.98 Å². The summed E-state index contributed by atoms with van der Waals surface area (Å²) in [6, 6.07) is 0. The van der Waals surface area contributed by atoms with Crippen LogP contribution < -0.4 is 5.32 Å². The number of nitrogens with one attached hydrogen (secondary N) is 1. The van der Waals surface area contributed by atoms with Crippen LogP contribution in [0.1, 0.15) is 0 Å². The number of anilines is 1. The van der Waals surface area contributed by atoms with Gasteiger partial charge in [0.2, 0.25) is 0 Å². The largest absolute Gasteiger partial charge is 0.382 e. The van der Waals surface area contributed by atoms with Gasteiger partial charge in [-0.25, -0.2) is 4.98 Å². The van der Waals surface area contributed by atoms with Crippen molar-refractivity contribution in [2.45, 2.75) is 6.10 Å². The molecule has 0 amide bonds. The third-order valence-electron chi connectivity index (χ3n) is 1.64. The molecule has 4 nitrogen and oxygen atoms in total. The number of methoxy groups -OCH3 is 2. The zero-order chi connectivity index (χ0) is 10.4. The van der Waals surface area contributed by atoms with Crippen molar-refractivity contribution in [2.24, 2.45) is 0 Å². The van der Waals surface area contributed by atoms with Crippen molar-refractivity contribution in [3.63, 3.8) is 0 Å². The molecule has 1 atom stereocenters. The minimum Gasteiger partial charge on any atom is -0.382 e. The van der Waals surface area contributed by atoms with Crippen molar-refractivity contribution in [3.8, 4) is 0 Å². The third-order valence-corrected chi connectivity index (χ3v) is 3.15. The minimum absolute atomic E-state index is 0.0580. The van der Waals surface area contributed by atoms with E-state index >= 15 is 0 Å². The number of ether oxygens (including phenoxy) is 2. The third kappa shape index (κ3) is 3.91. The first-order valence-electron chi connectivity index (χ1n) is 4.13. The van der Waals surface area contributed by atoms with Gasteiger partial charge >= 0.3 is 0 Å². The van der Waals surface area contributed by atoms with Crippen molar-refractivity contribution >= 4 is 32.4 Å². The van der Waals surface area contributed by atoms with Gasteiger partial charge in [-0.3, -0.25) is 0 Å². The van der Waals surface area contributed by atoms with Crippen molar-refractivity contribution in [1.82, 2.24) is 4.98 Å². The van der Waals surface area contributed by atoms with E-state index in [0.717, 1.165) is 9.73 Å². The van der Waals surface area contributed by atoms with E-state index in [1.807, 2.05) is 5.38 Å². The zero-order valence-electron chi connectivity index (χ0n) is 8.12. The molecule has 1 unspecified atom stereocenters. The van der Waals surface area contributed by atoms with Gasteiger partial charge in [0.15, 0.2) is 5.13 Å². The summed E-state index contributed by atoms with van der Waals surface area (Å²) in [4.78, 5) is 4.20. The van der Waals surface area contributed by atoms with Crippen LogP contribution in [-0.2, 0) is 9.47 Å². The van der Waals surface area contributed by atoms with Gasteiger partial charge < -0.3 is 14.8 Å². The molecule has 0 spiro atoms. The molecule has 6 heteroatoms. The van der Waals surface area contributed by atoms with E-state index in [1.165, 1.54) is 0 Å². The summed E-state index contributed by atoms with van der Waals surface area (Å²) in [7, 11) is 3.33. The Morgan fingerprint density at radius 3 is 2.93 bits per heavy atom. The van der Waals surface area contributed by atoms with Crippen LogP contribution in [0.4, 0.5) is 5.13 Å². The van der Waals surface area contributed by atoms with E-state index in [4.69, 9.17) is 9.47 Å². The molecule has 0 fully saturated rings. The predicted molar refractivity (Wildman–Crippen MR) is 61.0 cm³/mol. The molecule has 0 saturated carbocycles. The molecule has 0 aliphatic rings. The van der Waals surface area contributed by atoms with Crippen molar-refractivity contribution < 1.29 is 9.47 Å². The Morgan fingerprint density at radius 1 is 1.64 bits per heavy atom. The molecular weight excluding hydrogens is 268 g/mol. The summed E-state index contributed by atoms with van der Waals surface area (Å²) in [6.07, 6.45) is 0.0580. The molecule has 80 valence electrons. The Kier molecular flexibility index (Phi) is 5.39. The Morgan fingerprint density at radius 2 is 2.43 bits per heavy atom. The van der Waals surface area contributed by atoms with Gasteiger partial charge in [0.25, 0.3) is 0 Å². The van der Waals surface area contributed by atoms with Crippen molar-refractivity contribution in [2.75, 3.05) is 32.7 Å². The lowest BCUT2D eigenvalue weighted by Crippen LogP contribution is -2.26. The topological polar surface area (TPSA) is 43.4 Å². The summed E-state index contributed by atoms with van der Waals surface area (Å²) < 4.78 is 11.0. The van der Waals surface area contributed by atoms with E-state index in [1.54, 1.807) is 25.6 Å². The Balaban J connectivity index is 2.31. The average molecular weight is 281 g/mol. The lowest BCUT2D eigenvalue weighted by atomic mass is 10.4. The molecule has 0 bridgehead atoms. The van der Waals surface area contributed by atoms with Crippen LogP contribution in [0.2, 0.25) is 0 Å². The van der Waals surface area contributed by atoms with E-state index in [0.29, 0.717) is 13.2 Å². The second-order valence-electron chi connectivity index (χ2n) is 2.67. The fraction of sp³-hybridized carbons (Fsp3) is 0.625. The maximum atomic E-state index is 5.20. The number of nitrogens with zero attached hydrogens (tertiary/aromatic N) is 1. The fourth-order valence-corrected chi connectivity index (χ4v) is 2.09. The molecule has 0 radical (unpaired) electrons. The predicted octanol–water partition coefficient (Wildman–Crippen LogP) is 1.98. The number of rotatable bonds is 6. The first kappa shape index (κ1) is 11.9. The summed E-state index contributed by atoms with van der Waals surface area (Å²) in [5, 5.41) is 5.99. The summed E-state index contributed by atoms with van der Waals surface area (Å²) in [5.74, 6) is 0. The van der Waals surface area contributed by atoms with E-state index in [-0.39, 0.29) is 6.10 Å². The Bertz CT molecular complexity index is 270. The highest BCUT2D eigenvalue weighted by Gasteiger charge is 2.07. The van der Waals surface area contributed by atoms with Crippen LogP contribution in [0.3, 0.4) is 0 Å². The summed E-state index contributed by atoms with van der Waals surface area (Å²) in [5.41, 5.74) is 0. The fourth-order valence-electron chi connectivity index (χ4n) is 0.933. The van der Waals surface area contributed by atoms with Gasteiger partial charge in [0.05, 0.1) is 12.7 Å². The summed E-state index contributed by atoms with van der Waals surface area (Å²) >= 11 is 4.84. The average Bonchev–Trinajstić information content (AvgIpc) is 2.59. The standard InChI is InChI=1S/C8H13BrN2O2S/c1-12-4-6(13-2)3-10-8-11-7(9)5-14-8/h5-6H,3-4H2,1-2H3,(H,10,11). The van der Waals surface area contributed by atoms with Gasteiger partial charge in [-0.2, -0.15) is 0 Å². The lowest BCUT2D eigenvalue weighted by Gasteiger charge is -2.14. The normalized spacial score (nSPS) is 12.8. The molecule has 1 rings (SSSR count). The highest BCUT2D eigenvalue weighted by atomic mass is 79.9. The first-order chi connectivity index (χ1) is 6.76. The molecule has 0 aliphatic carbocycles. The molecule has 1 N–H and O–H groups in total. The monoisotopic (exact) mass is 280 g/mol. The number of hydrogen-bond donors (Lipinski definition) is 1. The van der Waals surface area contributed by atoms with Crippen LogP contribution in [0, 0.1) is 0 Å². The molecular formula is C8H13BrN2O2S. The SMILES string of the molecule is COCC(CNc1nc(Br)cs1)OC. The second kappa shape index (κ2) is 6.34. The van der Waals surface area contributed by atoms with Crippen LogP contribution in [0.25, 0.3) is 0 Å². The first-order valence-corrected chi connectivity index (χ1v) is 5.80. The van der Waals surface area contributed by atoms with Gasteiger partial charge in [0, 0.05) is 26.1 Å². The van der Waals surface area contributed by atoms with Gasteiger partial charge in [-0.1, -0.05) is 0 Å². The molecule has 1 aromatic heterocycles. The van der Waals surface area contributed by atoms with Gasteiger partial charge in [0.1, 0.15) is 4.60 Å².